The van der Waals surface area contributed by atoms with Crippen molar-refractivity contribution < 1.29 is 9.53 Å². The average molecular weight is 433 g/mol. The summed E-state index contributed by atoms with van der Waals surface area (Å²) in [7, 11) is 0. The second-order valence-corrected chi connectivity index (χ2v) is 9.56. The molecular formula is C26H32N4O2. The van der Waals surface area contributed by atoms with Crippen LogP contribution in [0.3, 0.4) is 0 Å². The molecule has 6 heteroatoms. The maximum absolute atomic E-state index is 12.1. The molecule has 1 saturated heterocycles. The number of nitrogens with zero attached hydrogens (tertiary/aromatic N) is 3. The molecule has 0 radical (unpaired) electrons. The number of alkyl carbamates (subject to hydrolysis) is 1. The summed E-state index contributed by atoms with van der Waals surface area (Å²) >= 11 is 0. The summed E-state index contributed by atoms with van der Waals surface area (Å²) in [6, 6.07) is 16.8. The van der Waals surface area contributed by atoms with Crippen LogP contribution >= 0.6 is 0 Å². The molecule has 2 heterocycles. The number of rotatable bonds is 4. The molecule has 2 aromatic carbocycles. The van der Waals surface area contributed by atoms with E-state index in [1.54, 1.807) is 0 Å². The van der Waals surface area contributed by atoms with E-state index in [9.17, 15) is 4.79 Å². The summed E-state index contributed by atoms with van der Waals surface area (Å²) in [5, 5.41) is 5.42. The smallest absolute Gasteiger partial charge is 0.407 e. The molecule has 1 aliphatic heterocycles. The third kappa shape index (κ3) is 5.36. The van der Waals surface area contributed by atoms with Gasteiger partial charge in [0.2, 0.25) is 5.95 Å². The lowest BCUT2D eigenvalue weighted by molar-refractivity contribution is 0.0487. The Morgan fingerprint density at radius 2 is 1.81 bits per heavy atom. The van der Waals surface area contributed by atoms with E-state index < -0.39 is 5.60 Å². The number of hydrogen-bond acceptors (Lipinski definition) is 5. The molecule has 1 atom stereocenters. The molecule has 32 heavy (non-hydrogen) atoms. The number of fused-ring (bicyclic) bond motifs is 1. The third-order valence-electron chi connectivity index (χ3n) is 5.96. The van der Waals surface area contributed by atoms with E-state index in [0.717, 1.165) is 43.1 Å². The quantitative estimate of drug-likeness (QED) is 0.596. The van der Waals surface area contributed by atoms with Gasteiger partial charge in [-0.25, -0.2) is 14.8 Å². The van der Waals surface area contributed by atoms with Crippen molar-refractivity contribution in [2.75, 3.05) is 18.0 Å². The molecule has 3 aromatic rings. The fourth-order valence-corrected chi connectivity index (χ4v) is 4.22. The largest absolute Gasteiger partial charge is 0.444 e. The van der Waals surface area contributed by atoms with Gasteiger partial charge in [-0.05, 0) is 69.4 Å². The van der Waals surface area contributed by atoms with E-state index >= 15 is 0 Å². The number of aromatic nitrogens is 2. The van der Waals surface area contributed by atoms with Crippen LogP contribution in [-0.4, -0.2) is 40.8 Å². The predicted molar refractivity (Wildman–Crippen MR) is 129 cm³/mol. The van der Waals surface area contributed by atoms with Crippen LogP contribution in [0.2, 0.25) is 0 Å². The van der Waals surface area contributed by atoms with E-state index in [1.807, 2.05) is 33.0 Å². The Morgan fingerprint density at radius 1 is 1.09 bits per heavy atom. The Labute approximate surface area is 190 Å². The van der Waals surface area contributed by atoms with Crippen molar-refractivity contribution in [1.82, 2.24) is 15.3 Å². The topological polar surface area (TPSA) is 67.3 Å². The molecule has 1 aliphatic rings. The van der Waals surface area contributed by atoms with E-state index in [1.165, 1.54) is 10.8 Å². The molecule has 0 bridgehead atoms. The minimum absolute atomic E-state index is 0.0665. The van der Waals surface area contributed by atoms with Crippen LogP contribution in [0.1, 0.15) is 40.5 Å². The summed E-state index contributed by atoms with van der Waals surface area (Å²) in [6.45, 7) is 9.42. The van der Waals surface area contributed by atoms with Crippen LogP contribution in [0.15, 0.2) is 54.7 Å². The van der Waals surface area contributed by atoms with Gasteiger partial charge in [0, 0.05) is 30.9 Å². The first-order valence-electron chi connectivity index (χ1n) is 11.4. The van der Waals surface area contributed by atoms with Crippen LogP contribution in [-0.2, 0) is 4.74 Å². The van der Waals surface area contributed by atoms with E-state index in [0.29, 0.717) is 5.92 Å². The summed E-state index contributed by atoms with van der Waals surface area (Å²) < 4.78 is 5.39. The second-order valence-electron chi connectivity index (χ2n) is 9.56. The first kappa shape index (κ1) is 22.1. The van der Waals surface area contributed by atoms with Crippen LogP contribution < -0.4 is 10.2 Å². The standard InChI is InChI=1S/C26H32N4O2/c1-18(28-25(31)32-26(2,3)4)19-12-15-30(16-13-19)24-27-14-11-23(29-24)22-10-9-20-7-5-6-8-21(20)17-22/h5-11,14,17-19H,12-13,15-16H2,1-4H3,(H,28,31)/t18-/m1/s1. The molecule has 168 valence electrons. The number of hydrogen-bond donors (Lipinski definition) is 1. The van der Waals surface area contributed by atoms with E-state index in [4.69, 9.17) is 9.72 Å². The van der Waals surface area contributed by atoms with Crippen molar-refractivity contribution >= 4 is 22.8 Å². The number of amides is 1. The lowest BCUT2D eigenvalue weighted by atomic mass is 9.90. The highest BCUT2D eigenvalue weighted by atomic mass is 16.6. The molecule has 1 fully saturated rings. The SMILES string of the molecule is C[C@@H](NC(=O)OC(C)(C)C)C1CCN(c2nccc(-c3ccc4ccccc4c3)n2)CC1. The molecule has 1 N–H and O–H groups in total. The van der Waals surface area contributed by atoms with Gasteiger partial charge in [0.05, 0.1) is 5.69 Å². The van der Waals surface area contributed by atoms with Gasteiger partial charge in [0.1, 0.15) is 5.60 Å². The van der Waals surface area contributed by atoms with Crippen molar-refractivity contribution in [3.8, 4) is 11.3 Å². The third-order valence-corrected chi connectivity index (χ3v) is 5.96. The number of nitrogens with one attached hydrogen (secondary N) is 1. The summed E-state index contributed by atoms with van der Waals surface area (Å²) in [5.74, 6) is 1.17. The zero-order valence-electron chi connectivity index (χ0n) is 19.3. The fraction of sp³-hybridized carbons (Fsp3) is 0.423. The van der Waals surface area contributed by atoms with Crippen LogP contribution in [0, 0.1) is 5.92 Å². The summed E-state index contributed by atoms with van der Waals surface area (Å²) in [5.41, 5.74) is 1.54. The lowest BCUT2D eigenvalue weighted by Crippen LogP contribution is -2.45. The molecule has 1 amide bonds. The van der Waals surface area contributed by atoms with Crippen molar-refractivity contribution in [1.29, 1.82) is 0 Å². The number of benzene rings is 2. The Bertz CT molecular complexity index is 1080. The average Bonchev–Trinajstić information content (AvgIpc) is 2.77. The monoisotopic (exact) mass is 432 g/mol. The van der Waals surface area contributed by atoms with Gasteiger partial charge < -0.3 is 15.0 Å². The fourth-order valence-electron chi connectivity index (χ4n) is 4.22. The van der Waals surface area contributed by atoms with Gasteiger partial charge in [-0.3, -0.25) is 0 Å². The zero-order chi connectivity index (χ0) is 22.7. The highest BCUT2D eigenvalue weighted by molar-refractivity contribution is 5.86. The van der Waals surface area contributed by atoms with Crippen molar-refractivity contribution in [3.63, 3.8) is 0 Å². The van der Waals surface area contributed by atoms with Gasteiger partial charge in [0.25, 0.3) is 0 Å². The van der Waals surface area contributed by atoms with Gasteiger partial charge in [-0.2, -0.15) is 0 Å². The first-order valence-corrected chi connectivity index (χ1v) is 11.4. The number of carbonyl (C=O) groups is 1. The lowest BCUT2D eigenvalue weighted by Gasteiger charge is -2.35. The molecular weight excluding hydrogens is 400 g/mol. The van der Waals surface area contributed by atoms with Gasteiger partial charge in [-0.15, -0.1) is 0 Å². The molecule has 0 unspecified atom stereocenters. The Hall–Kier alpha value is -3.15. The van der Waals surface area contributed by atoms with Crippen LogP contribution in [0.5, 0.6) is 0 Å². The maximum Gasteiger partial charge on any atom is 0.407 e. The molecule has 1 aromatic heterocycles. The van der Waals surface area contributed by atoms with Crippen molar-refractivity contribution in [3.05, 3.63) is 54.7 Å². The van der Waals surface area contributed by atoms with Gasteiger partial charge in [-0.1, -0.05) is 36.4 Å². The Morgan fingerprint density at radius 3 is 2.53 bits per heavy atom. The zero-order valence-corrected chi connectivity index (χ0v) is 19.3. The second kappa shape index (κ2) is 9.15. The summed E-state index contributed by atoms with van der Waals surface area (Å²) in [6.07, 6.45) is 3.44. The first-order chi connectivity index (χ1) is 15.3. The molecule has 0 spiro atoms. The number of anilines is 1. The normalized spacial score (nSPS) is 16.1. The predicted octanol–water partition coefficient (Wildman–Crippen LogP) is 5.43. The van der Waals surface area contributed by atoms with Crippen LogP contribution in [0.4, 0.5) is 10.7 Å². The highest BCUT2D eigenvalue weighted by Crippen LogP contribution is 2.27. The van der Waals surface area contributed by atoms with Crippen molar-refractivity contribution in [2.24, 2.45) is 5.92 Å². The number of ether oxygens (including phenoxy) is 1. The van der Waals surface area contributed by atoms with E-state index in [-0.39, 0.29) is 12.1 Å². The minimum atomic E-state index is -0.486. The maximum atomic E-state index is 12.1. The van der Waals surface area contributed by atoms with Crippen LogP contribution in [0.25, 0.3) is 22.0 Å². The molecule has 6 nitrogen and oxygen atoms in total. The Balaban J connectivity index is 1.39. The highest BCUT2D eigenvalue weighted by Gasteiger charge is 2.27. The molecule has 4 rings (SSSR count). The number of carbonyl (C=O) groups excluding carboxylic acids is 1. The van der Waals surface area contributed by atoms with Crippen molar-refractivity contribution in [2.45, 2.75) is 52.2 Å². The van der Waals surface area contributed by atoms with Gasteiger partial charge >= 0.3 is 6.09 Å². The summed E-state index contributed by atoms with van der Waals surface area (Å²) in [4.78, 5) is 23.7. The Kier molecular flexibility index (Phi) is 6.31. The molecule has 0 aliphatic carbocycles. The van der Waals surface area contributed by atoms with E-state index in [2.05, 4.69) is 64.6 Å². The van der Waals surface area contributed by atoms with Gasteiger partial charge in [0.15, 0.2) is 0 Å². The minimum Gasteiger partial charge on any atom is -0.444 e. The molecule has 0 saturated carbocycles. The number of piperidine rings is 1.